The van der Waals surface area contributed by atoms with Gasteiger partial charge < -0.3 is 0 Å². The maximum absolute atomic E-state index is 2.78. The Kier molecular flexibility index (Phi) is 9.99. The van der Waals surface area contributed by atoms with E-state index in [1.165, 1.54) is 65.4 Å². The van der Waals surface area contributed by atoms with Crippen LogP contribution >= 0.6 is 70.0 Å². The zero-order valence-corrected chi connectivity index (χ0v) is 32.6. The Morgan fingerprint density at radius 3 is 1.15 bits per heavy atom. The zero-order chi connectivity index (χ0) is 27.7. The van der Waals surface area contributed by atoms with Crippen molar-refractivity contribution < 1.29 is 23.2 Å². The van der Waals surface area contributed by atoms with Crippen LogP contribution in [0.1, 0.15) is 44.5 Å². The summed E-state index contributed by atoms with van der Waals surface area (Å²) in [6.45, 7) is 13.4. The zero-order valence-electron chi connectivity index (χ0n) is 24.2. The molecule has 0 aliphatic heterocycles. The molecule has 210 valence electrons. The second kappa shape index (κ2) is 12.3. The summed E-state index contributed by atoms with van der Waals surface area (Å²) in [5.74, 6) is 0. The quantitative estimate of drug-likeness (QED) is 0.146. The molecule has 0 fully saturated rings. The van der Waals surface area contributed by atoms with Gasteiger partial charge in [0.1, 0.15) is 0 Å². The molecule has 4 aromatic carbocycles. The van der Waals surface area contributed by atoms with Gasteiger partial charge in [-0.2, -0.15) is 0 Å². The van der Waals surface area contributed by atoms with E-state index in [4.69, 9.17) is 0 Å². The van der Waals surface area contributed by atoms with Gasteiger partial charge in [-0.1, -0.05) is 0 Å². The third-order valence-corrected chi connectivity index (χ3v) is 18.4. The van der Waals surface area contributed by atoms with Gasteiger partial charge in [0.25, 0.3) is 0 Å². The number of fused-ring (bicyclic) bond motifs is 2. The van der Waals surface area contributed by atoms with Gasteiger partial charge in [0.2, 0.25) is 0 Å². The molecule has 0 heterocycles. The van der Waals surface area contributed by atoms with E-state index in [0.717, 1.165) is 0 Å². The van der Waals surface area contributed by atoms with Crippen LogP contribution in [-0.4, -0.2) is 0 Å². The fourth-order valence-electron chi connectivity index (χ4n) is 5.80. The predicted octanol–water partition coefficient (Wildman–Crippen LogP) is 7.63. The second-order valence-electron chi connectivity index (χ2n) is 11.4. The number of hydrogen-bond acceptors (Lipinski definition) is 0. The van der Waals surface area contributed by atoms with Crippen molar-refractivity contribution in [3.05, 3.63) is 138 Å². The molecule has 6 rings (SSSR count). The van der Waals surface area contributed by atoms with Crippen molar-refractivity contribution >= 4 is 88.7 Å². The molecule has 2 aliphatic carbocycles. The molecule has 2 atom stereocenters. The molecule has 0 bridgehead atoms. The Balaban J connectivity index is 0.00000194. The molecular formula is C36H34Cl2I2Zr. The summed E-state index contributed by atoms with van der Waals surface area (Å²) in [7, 11) is 0. The van der Waals surface area contributed by atoms with Crippen molar-refractivity contribution in [1.29, 1.82) is 0 Å². The van der Waals surface area contributed by atoms with Crippen LogP contribution in [0.4, 0.5) is 0 Å². The van der Waals surface area contributed by atoms with Crippen molar-refractivity contribution in [2.24, 2.45) is 0 Å². The number of aryl methyl sites for hydroxylation is 6. The normalized spacial score (nSPS) is 20.3. The molecule has 0 N–H and O–H groups in total. The van der Waals surface area contributed by atoms with E-state index in [1.807, 2.05) is 0 Å². The molecule has 0 radical (unpaired) electrons. The summed E-state index contributed by atoms with van der Waals surface area (Å²) < 4.78 is 3.08. The van der Waals surface area contributed by atoms with Crippen LogP contribution < -0.4 is 20.9 Å². The van der Waals surface area contributed by atoms with Gasteiger partial charge in [-0.05, 0) is 0 Å². The van der Waals surface area contributed by atoms with Crippen molar-refractivity contribution in [2.45, 2.75) is 48.4 Å². The SMILES string of the molecule is Cc1ccc(C2(I)C=c3cc(C)c(C)cc3=[C]2[Zr][C]2=c3cc(C)c(C)cc3=CC2(I)c2ccc(C)cc2)cc1.Cl.Cl. The van der Waals surface area contributed by atoms with Gasteiger partial charge in [0, 0.05) is 0 Å². The van der Waals surface area contributed by atoms with Crippen molar-refractivity contribution in [1.82, 2.24) is 0 Å². The van der Waals surface area contributed by atoms with Crippen molar-refractivity contribution in [3.63, 3.8) is 0 Å². The van der Waals surface area contributed by atoms with Crippen LogP contribution in [0, 0.1) is 41.5 Å². The van der Waals surface area contributed by atoms with Crippen LogP contribution in [0.2, 0.25) is 0 Å². The van der Waals surface area contributed by atoms with E-state index in [9.17, 15) is 0 Å². The van der Waals surface area contributed by atoms with Crippen LogP contribution in [0.3, 0.4) is 0 Å². The third kappa shape index (κ3) is 5.77. The summed E-state index contributed by atoms with van der Waals surface area (Å²) in [4.78, 5) is 0. The van der Waals surface area contributed by atoms with Gasteiger partial charge in [-0.3, -0.25) is 0 Å². The number of hydrogen-bond donors (Lipinski definition) is 0. The summed E-state index contributed by atoms with van der Waals surface area (Å²) in [5, 5.41) is 5.77. The molecule has 0 nitrogen and oxygen atoms in total. The van der Waals surface area contributed by atoms with E-state index in [2.05, 4.69) is 172 Å². The topological polar surface area (TPSA) is 0 Å². The summed E-state index contributed by atoms with van der Waals surface area (Å²) in [5.41, 5.74) is 10.9. The van der Waals surface area contributed by atoms with E-state index in [1.54, 1.807) is 6.56 Å². The third-order valence-electron chi connectivity index (χ3n) is 8.50. The second-order valence-corrected chi connectivity index (χ2v) is 17.8. The van der Waals surface area contributed by atoms with E-state index >= 15 is 0 Å². The molecular weight excluding hydrogens is 848 g/mol. The number of alkyl halides is 2. The van der Waals surface area contributed by atoms with Gasteiger partial charge in [-0.25, -0.2) is 0 Å². The Bertz CT molecular complexity index is 1770. The maximum Gasteiger partial charge on any atom is -0.147 e. The van der Waals surface area contributed by atoms with E-state index in [0.29, 0.717) is 0 Å². The average Bonchev–Trinajstić information content (AvgIpc) is 3.32. The van der Waals surface area contributed by atoms with Crippen molar-refractivity contribution in [2.75, 3.05) is 0 Å². The minimum absolute atomic E-state index is 0. The fourth-order valence-corrected chi connectivity index (χ4v) is 13.7. The smallest absolute Gasteiger partial charge is 0.147 e. The minimum atomic E-state index is -1.27. The summed E-state index contributed by atoms with van der Waals surface area (Å²) in [6, 6.07) is 28.3. The van der Waals surface area contributed by atoms with E-state index in [-0.39, 0.29) is 31.7 Å². The Labute approximate surface area is 295 Å². The molecule has 0 aromatic heterocycles. The molecule has 0 saturated heterocycles. The molecule has 0 spiro atoms. The summed E-state index contributed by atoms with van der Waals surface area (Å²) in [6.07, 6.45) is 5.11. The molecule has 41 heavy (non-hydrogen) atoms. The van der Waals surface area contributed by atoms with Crippen LogP contribution in [0.25, 0.3) is 18.7 Å². The maximum atomic E-state index is 2.78. The number of rotatable bonds is 4. The predicted molar refractivity (Wildman–Crippen MR) is 194 cm³/mol. The van der Waals surface area contributed by atoms with Crippen molar-refractivity contribution in [3.8, 4) is 0 Å². The minimum Gasteiger partial charge on any atom is -0.147 e. The number of benzene rings is 4. The molecule has 0 amide bonds. The van der Waals surface area contributed by atoms with Gasteiger partial charge in [-0.15, -0.1) is 24.8 Å². The Morgan fingerprint density at radius 1 is 0.488 bits per heavy atom. The average molecular weight is 883 g/mol. The molecule has 2 unspecified atom stereocenters. The largest absolute Gasteiger partial charge is 0.147 e. The molecule has 4 aromatic rings. The van der Waals surface area contributed by atoms with Gasteiger partial charge >= 0.3 is 274 Å². The standard InChI is InChI=1S/2C18H16I.2ClH.Zr/c2*1-12-4-6-17(7-5-12)18(19)10-15-8-13(2)14(3)9-16(15)11-18;;;/h2*4-10H,1-3H3;2*1H;. The first-order valence-electron chi connectivity index (χ1n) is 13.5. The fraction of sp³-hybridized carbons (Fsp3) is 0.222. The molecule has 0 saturated carbocycles. The first-order valence-corrected chi connectivity index (χ1v) is 18.1. The van der Waals surface area contributed by atoms with Gasteiger partial charge in [0.15, 0.2) is 0 Å². The Morgan fingerprint density at radius 2 is 0.805 bits per heavy atom. The molecule has 2 aliphatic rings. The monoisotopic (exact) mass is 880 g/mol. The Hall–Kier alpha value is -0.717. The van der Waals surface area contributed by atoms with Crippen LogP contribution in [-0.2, 0) is 30.1 Å². The molecule has 5 heteroatoms. The first kappa shape index (κ1) is 33.2. The van der Waals surface area contributed by atoms with Crippen LogP contribution in [0.15, 0.2) is 72.8 Å². The summed E-state index contributed by atoms with van der Waals surface area (Å²) >= 11 is 4.28. The number of halogens is 4. The van der Waals surface area contributed by atoms with E-state index < -0.39 is 23.2 Å². The van der Waals surface area contributed by atoms with Crippen LogP contribution in [0.5, 0.6) is 0 Å². The van der Waals surface area contributed by atoms with Gasteiger partial charge in [0.05, 0.1) is 0 Å². The first-order chi connectivity index (χ1) is 18.5.